The van der Waals surface area contributed by atoms with Crippen molar-refractivity contribution >= 4 is 11.8 Å². The molecular weight excluding hydrogens is 302 g/mol. The van der Waals surface area contributed by atoms with Crippen LogP contribution in [0.15, 0.2) is 12.3 Å². The van der Waals surface area contributed by atoms with E-state index < -0.39 is 0 Å². The molecule has 0 unspecified atom stereocenters. The fourth-order valence-corrected chi connectivity index (χ4v) is 3.85. The first kappa shape index (κ1) is 17.4. The summed E-state index contributed by atoms with van der Waals surface area (Å²) in [7, 11) is 4.03. The highest BCUT2D eigenvalue weighted by atomic mass is 16.5. The molecule has 6 nitrogen and oxygen atoms in total. The number of hydrogen-bond donors (Lipinski definition) is 0. The Morgan fingerprint density at radius 2 is 1.83 bits per heavy atom. The molecule has 0 aliphatic carbocycles. The Kier molecular flexibility index (Phi) is 5.56. The molecule has 0 N–H and O–H groups in total. The molecule has 2 aliphatic heterocycles. The first-order valence-electron chi connectivity index (χ1n) is 9.14. The second-order valence-corrected chi connectivity index (χ2v) is 7.52. The smallest absolute Gasteiger partial charge is 0.227 e. The van der Waals surface area contributed by atoms with Crippen LogP contribution < -0.4 is 9.80 Å². The maximum atomic E-state index is 5.84. The Morgan fingerprint density at radius 3 is 2.46 bits per heavy atom. The van der Waals surface area contributed by atoms with Gasteiger partial charge in [-0.15, -0.1) is 0 Å². The van der Waals surface area contributed by atoms with Crippen LogP contribution in [0.3, 0.4) is 0 Å². The molecular formula is C18H31N5O. The molecule has 0 saturated carbocycles. The quantitative estimate of drug-likeness (QED) is 0.838. The zero-order chi connectivity index (χ0) is 17.1. The van der Waals surface area contributed by atoms with Gasteiger partial charge in [0.15, 0.2) is 0 Å². The number of rotatable bonds is 4. The van der Waals surface area contributed by atoms with Crippen molar-refractivity contribution in [3.05, 3.63) is 12.3 Å². The maximum absolute atomic E-state index is 5.84. The lowest BCUT2D eigenvalue weighted by atomic mass is 9.96. The molecule has 3 heterocycles. The Bertz CT molecular complexity index is 520. The Hall–Kier alpha value is -1.40. The van der Waals surface area contributed by atoms with Crippen molar-refractivity contribution in [2.24, 2.45) is 5.92 Å². The number of anilines is 2. The first-order valence-corrected chi connectivity index (χ1v) is 9.14. The summed E-state index contributed by atoms with van der Waals surface area (Å²) in [5, 5.41) is 0. The molecule has 2 aliphatic rings. The zero-order valence-electron chi connectivity index (χ0n) is 15.5. The van der Waals surface area contributed by atoms with Crippen LogP contribution in [0.1, 0.15) is 26.7 Å². The van der Waals surface area contributed by atoms with Gasteiger partial charge in [0, 0.05) is 53.0 Å². The molecule has 2 saturated heterocycles. The Balaban J connectivity index is 1.51. The van der Waals surface area contributed by atoms with E-state index >= 15 is 0 Å². The van der Waals surface area contributed by atoms with E-state index in [1.807, 2.05) is 31.3 Å². The van der Waals surface area contributed by atoms with E-state index in [1.165, 1.54) is 19.4 Å². The van der Waals surface area contributed by atoms with Crippen LogP contribution in [0.5, 0.6) is 0 Å². The van der Waals surface area contributed by atoms with E-state index in [2.05, 4.69) is 33.6 Å². The molecule has 0 bridgehead atoms. The molecule has 0 aromatic carbocycles. The largest absolute Gasteiger partial charge is 0.373 e. The van der Waals surface area contributed by atoms with Gasteiger partial charge in [-0.05, 0) is 38.7 Å². The summed E-state index contributed by atoms with van der Waals surface area (Å²) in [6.07, 6.45) is 5.01. The van der Waals surface area contributed by atoms with Crippen LogP contribution in [0.25, 0.3) is 0 Å². The van der Waals surface area contributed by atoms with Crippen LogP contribution >= 0.6 is 0 Å². The van der Waals surface area contributed by atoms with E-state index in [0.717, 1.165) is 43.9 Å². The molecule has 134 valence electrons. The first-order chi connectivity index (χ1) is 11.5. The van der Waals surface area contributed by atoms with Gasteiger partial charge in [0.25, 0.3) is 0 Å². The van der Waals surface area contributed by atoms with Crippen LogP contribution in [-0.2, 0) is 4.74 Å². The van der Waals surface area contributed by atoms with Crippen LogP contribution in [-0.4, -0.2) is 73.9 Å². The lowest BCUT2D eigenvalue weighted by Gasteiger charge is -2.39. The van der Waals surface area contributed by atoms with Gasteiger partial charge in [0.05, 0.1) is 12.2 Å². The third-order valence-corrected chi connectivity index (χ3v) is 5.00. The topological polar surface area (TPSA) is 44.7 Å². The fraction of sp³-hybridized carbons (Fsp3) is 0.778. The van der Waals surface area contributed by atoms with E-state index in [4.69, 9.17) is 4.74 Å². The lowest BCUT2D eigenvalue weighted by Crippen LogP contribution is -2.48. The fourth-order valence-electron chi connectivity index (χ4n) is 3.85. The standard InChI is InChI=1S/C18H31N5O/c1-14-11-22(12-15(2)24-14)13-16-6-9-23(10-7-16)18-19-8-5-17(20-18)21(3)4/h5,8,14-16H,6-7,9-13H2,1-4H3/t14-,15-/m0/s1. The van der Waals surface area contributed by atoms with Crippen molar-refractivity contribution < 1.29 is 4.74 Å². The predicted octanol–water partition coefficient (Wildman–Crippen LogP) is 1.87. The van der Waals surface area contributed by atoms with Gasteiger partial charge in [0.2, 0.25) is 5.95 Å². The number of nitrogens with zero attached hydrogens (tertiary/aromatic N) is 5. The van der Waals surface area contributed by atoms with Crippen LogP contribution in [0.2, 0.25) is 0 Å². The third kappa shape index (κ3) is 4.36. The van der Waals surface area contributed by atoms with E-state index in [1.54, 1.807) is 0 Å². The highest BCUT2D eigenvalue weighted by Gasteiger charge is 2.27. The van der Waals surface area contributed by atoms with Gasteiger partial charge in [-0.1, -0.05) is 0 Å². The van der Waals surface area contributed by atoms with Gasteiger partial charge in [-0.25, -0.2) is 4.98 Å². The van der Waals surface area contributed by atoms with Crippen molar-refractivity contribution in [3.8, 4) is 0 Å². The molecule has 2 atom stereocenters. The summed E-state index contributed by atoms with van der Waals surface area (Å²) in [5.41, 5.74) is 0. The molecule has 1 aromatic heterocycles. The van der Waals surface area contributed by atoms with Crippen molar-refractivity contribution in [2.75, 3.05) is 56.6 Å². The minimum absolute atomic E-state index is 0.357. The summed E-state index contributed by atoms with van der Waals surface area (Å²) in [5.74, 6) is 2.61. The van der Waals surface area contributed by atoms with Gasteiger partial charge in [0.1, 0.15) is 5.82 Å². The lowest BCUT2D eigenvalue weighted by molar-refractivity contribution is -0.0720. The molecule has 24 heavy (non-hydrogen) atoms. The van der Waals surface area contributed by atoms with E-state index in [0.29, 0.717) is 12.2 Å². The van der Waals surface area contributed by atoms with Gasteiger partial charge in [-0.3, -0.25) is 4.90 Å². The average Bonchev–Trinajstić information content (AvgIpc) is 2.54. The second kappa shape index (κ2) is 7.66. The maximum Gasteiger partial charge on any atom is 0.227 e. The van der Waals surface area contributed by atoms with Gasteiger partial charge < -0.3 is 14.5 Å². The van der Waals surface area contributed by atoms with Crippen molar-refractivity contribution in [1.29, 1.82) is 0 Å². The normalized spacial score (nSPS) is 26.6. The van der Waals surface area contributed by atoms with E-state index in [9.17, 15) is 0 Å². The monoisotopic (exact) mass is 333 g/mol. The molecule has 6 heteroatoms. The molecule has 0 radical (unpaired) electrons. The van der Waals surface area contributed by atoms with Crippen molar-refractivity contribution in [2.45, 2.75) is 38.9 Å². The van der Waals surface area contributed by atoms with Gasteiger partial charge >= 0.3 is 0 Å². The highest BCUT2D eigenvalue weighted by Crippen LogP contribution is 2.23. The van der Waals surface area contributed by atoms with Crippen molar-refractivity contribution in [1.82, 2.24) is 14.9 Å². The second-order valence-electron chi connectivity index (χ2n) is 7.52. The predicted molar refractivity (Wildman–Crippen MR) is 97.7 cm³/mol. The Labute approximate surface area is 145 Å². The molecule has 2 fully saturated rings. The van der Waals surface area contributed by atoms with Crippen LogP contribution in [0.4, 0.5) is 11.8 Å². The molecule has 0 amide bonds. The summed E-state index contributed by atoms with van der Waals surface area (Å²) in [4.78, 5) is 16.1. The summed E-state index contributed by atoms with van der Waals surface area (Å²) in [6.45, 7) is 9.80. The van der Waals surface area contributed by atoms with Gasteiger partial charge in [-0.2, -0.15) is 4.98 Å². The molecule has 3 rings (SSSR count). The number of morpholine rings is 1. The summed E-state index contributed by atoms with van der Waals surface area (Å²) >= 11 is 0. The molecule has 1 aromatic rings. The minimum Gasteiger partial charge on any atom is -0.373 e. The number of piperidine rings is 1. The van der Waals surface area contributed by atoms with Crippen molar-refractivity contribution in [3.63, 3.8) is 0 Å². The highest BCUT2D eigenvalue weighted by molar-refractivity contribution is 5.42. The SMILES string of the molecule is C[C@H]1CN(CC2CCN(c3nccc(N(C)C)n3)CC2)C[C@H](C)O1. The van der Waals surface area contributed by atoms with E-state index in [-0.39, 0.29) is 0 Å². The van der Waals surface area contributed by atoms with Crippen LogP contribution in [0, 0.1) is 5.92 Å². The zero-order valence-corrected chi connectivity index (χ0v) is 15.5. The molecule has 0 spiro atoms. The summed E-state index contributed by atoms with van der Waals surface area (Å²) < 4.78 is 5.84. The number of hydrogen-bond acceptors (Lipinski definition) is 6. The Morgan fingerprint density at radius 1 is 1.17 bits per heavy atom. The third-order valence-electron chi connectivity index (χ3n) is 5.00. The summed E-state index contributed by atoms with van der Waals surface area (Å²) in [6, 6.07) is 1.96. The minimum atomic E-state index is 0.357. The average molecular weight is 333 g/mol. The number of ether oxygens (including phenoxy) is 1. The number of aromatic nitrogens is 2.